The molecule has 2 N–H and O–H groups in total. The number of carbonyl (C=O) groups is 1. The second kappa shape index (κ2) is 10.3. The van der Waals surface area contributed by atoms with Gasteiger partial charge in [-0.25, -0.2) is 0 Å². The average Bonchev–Trinajstić information content (AvgIpc) is 2.58. The molecule has 1 amide bonds. The number of nitrogens with zero attached hydrogens (tertiary/aromatic N) is 1. The summed E-state index contributed by atoms with van der Waals surface area (Å²) in [5, 5.41) is 20.6. The number of aliphatic hydroxyl groups excluding tert-OH is 1. The number of aliphatic hydroxyl groups is 1. The highest BCUT2D eigenvalue weighted by Gasteiger charge is 2.12. The number of nitriles is 1. The summed E-state index contributed by atoms with van der Waals surface area (Å²) in [6, 6.07) is 7.08. The Morgan fingerprint density at radius 3 is 2.75 bits per heavy atom. The third-order valence-corrected chi connectivity index (χ3v) is 3.62. The summed E-state index contributed by atoms with van der Waals surface area (Å²) < 4.78 is 10.5. The molecule has 0 heterocycles. The third-order valence-electron chi connectivity index (χ3n) is 3.62. The van der Waals surface area contributed by atoms with Gasteiger partial charge in [-0.3, -0.25) is 4.79 Å². The zero-order chi connectivity index (χ0) is 17.9. The molecule has 1 aromatic carbocycles. The number of hydrogen-bond donors (Lipinski definition) is 2. The van der Waals surface area contributed by atoms with Crippen molar-refractivity contribution in [1.29, 1.82) is 5.26 Å². The Kier molecular flexibility index (Phi) is 8.37. The van der Waals surface area contributed by atoms with E-state index in [0.29, 0.717) is 24.0 Å². The van der Waals surface area contributed by atoms with Crippen LogP contribution in [0.3, 0.4) is 0 Å². The smallest absolute Gasteiger partial charge is 0.244 e. The van der Waals surface area contributed by atoms with Crippen LogP contribution in [0.2, 0.25) is 0 Å². The molecule has 0 radical (unpaired) electrons. The zero-order valence-electron chi connectivity index (χ0n) is 14.3. The maximum absolute atomic E-state index is 11.9. The molecule has 0 fully saturated rings. The third kappa shape index (κ3) is 6.31. The lowest BCUT2D eigenvalue weighted by molar-refractivity contribution is -0.116. The second-order valence-corrected chi connectivity index (χ2v) is 5.62. The van der Waals surface area contributed by atoms with Crippen molar-refractivity contribution in [2.24, 2.45) is 11.8 Å². The number of amides is 1. The van der Waals surface area contributed by atoms with Gasteiger partial charge in [-0.15, -0.1) is 0 Å². The molecule has 24 heavy (non-hydrogen) atoms. The van der Waals surface area contributed by atoms with E-state index < -0.39 is 0 Å². The number of ether oxygens (including phenoxy) is 2. The van der Waals surface area contributed by atoms with E-state index in [1.807, 2.05) is 19.9 Å². The topological polar surface area (TPSA) is 91.6 Å². The van der Waals surface area contributed by atoms with Crippen LogP contribution in [0, 0.1) is 23.2 Å². The molecule has 1 aromatic rings. The Labute approximate surface area is 142 Å². The lowest BCUT2D eigenvalue weighted by atomic mass is 9.97. The number of benzene rings is 1. The standard InChI is InChI=1S/C18H24N2O4/c1-13(2)15(12-21)11-20-18(22)7-5-14-4-6-16(24-9-8-19)17(10-14)23-3/h4-7,10,13,15,21H,9,11-12H2,1-3H3,(H,20,22). The highest BCUT2D eigenvalue weighted by molar-refractivity contribution is 5.91. The lowest BCUT2D eigenvalue weighted by Crippen LogP contribution is -2.32. The number of methoxy groups -OCH3 is 1. The average molecular weight is 332 g/mol. The van der Waals surface area contributed by atoms with Crippen molar-refractivity contribution in [1.82, 2.24) is 5.32 Å². The van der Waals surface area contributed by atoms with Crippen LogP contribution in [0.25, 0.3) is 6.08 Å². The van der Waals surface area contributed by atoms with Gasteiger partial charge in [0.1, 0.15) is 6.07 Å². The minimum atomic E-state index is -0.224. The SMILES string of the molecule is COc1cc(C=CC(=O)NCC(CO)C(C)C)ccc1OCC#N. The Hall–Kier alpha value is -2.52. The molecule has 0 aliphatic carbocycles. The number of carbonyl (C=O) groups excluding carboxylic acids is 1. The molecule has 0 saturated heterocycles. The van der Waals surface area contributed by atoms with E-state index in [2.05, 4.69) is 5.32 Å². The molecule has 0 bridgehead atoms. The fraction of sp³-hybridized carbons (Fsp3) is 0.444. The van der Waals surface area contributed by atoms with Crippen LogP contribution in [-0.2, 0) is 4.79 Å². The van der Waals surface area contributed by atoms with E-state index in [0.717, 1.165) is 5.56 Å². The summed E-state index contributed by atoms with van der Waals surface area (Å²) in [6.45, 7) is 4.43. The lowest BCUT2D eigenvalue weighted by Gasteiger charge is -2.17. The monoisotopic (exact) mass is 332 g/mol. The van der Waals surface area contributed by atoms with Crippen molar-refractivity contribution in [2.45, 2.75) is 13.8 Å². The summed E-state index contributed by atoms with van der Waals surface area (Å²) in [5.41, 5.74) is 0.772. The molecule has 1 unspecified atom stereocenters. The van der Waals surface area contributed by atoms with Crippen LogP contribution in [-0.4, -0.2) is 37.9 Å². The molecular weight excluding hydrogens is 308 g/mol. The molecule has 0 aliphatic heterocycles. The van der Waals surface area contributed by atoms with Gasteiger partial charge < -0.3 is 19.9 Å². The van der Waals surface area contributed by atoms with Gasteiger partial charge in [-0.2, -0.15) is 5.26 Å². The Balaban J connectivity index is 2.66. The van der Waals surface area contributed by atoms with Crippen LogP contribution in [0.15, 0.2) is 24.3 Å². The summed E-state index contributed by atoms with van der Waals surface area (Å²) in [5.74, 6) is 1.08. The van der Waals surface area contributed by atoms with Crippen molar-refractivity contribution >= 4 is 12.0 Å². The molecule has 6 heteroatoms. The zero-order valence-corrected chi connectivity index (χ0v) is 14.3. The van der Waals surface area contributed by atoms with E-state index in [4.69, 9.17) is 14.7 Å². The molecule has 1 rings (SSSR count). The normalized spacial score (nSPS) is 12.0. The summed E-state index contributed by atoms with van der Waals surface area (Å²) >= 11 is 0. The first-order valence-corrected chi connectivity index (χ1v) is 7.76. The van der Waals surface area contributed by atoms with Crippen LogP contribution in [0.1, 0.15) is 19.4 Å². The molecule has 1 atom stereocenters. The van der Waals surface area contributed by atoms with Crippen molar-refractivity contribution in [2.75, 3.05) is 26.9 Å². The van der Waals surface area contributed by atoms with E-state index in [1.54, 1.807) is 24.3 Å². The number of rotatable bonds is 9. The predicted octanol–water partition coefficient (Wildman–Crippen LogP) is 1.99. The largest absolute Gasteiger partial charge is 0.493 e. The van der Waals surface area contributed by atoms with Crippen molar-refractivity contribution < 1.29 is 19.4 Å². The fourth-order valence-electron chi connectivity index (χ4n) is 1.99. The van der Waals surface area contributed by atoms with Gasteiger partial charge in [-0.05, 0) is 29.7 Å². The highest BCUT2D eigenvalue weighted by atomic mass is 16.5. The van der Waals surface area contributed by atoms with Gasteiger partial charge in [0.05, 0.1) is 7.11 Å². The van der Waals surface area contributed by atoms with Crippen molar-refractivity contribution in [3.8, 4) is 17.6 Å². The molecule has 0 aliphatic rings. The molecule has 6 nitrogen and oxygen atoms in total. The van der Waals surface area contributed by atoms with Crippen LogP contribution in [0.5, 0.6) is 11.5 Å². The minimum Gasteiger partial charge on any atom is -0.493 e. The first kappa shape index (κ1) is 19.5. The van der Waals surface area contributed by atoms with Gasteiger partial charge in [-0.1, -0.05) is 19.9 Å². The first-order valence-electron chi connectivity index (χ1n) is 7.76. The minimum absolute atomic E-state index is 0.0408. The van der Waals surface area contributed by atoms with E-state index in [1.165, 1.54) is 13.2 Å². The van der Waals surface area contributed by atoms with Crippen LogP contribution >= 0.6 is 0 Å². The van der Waals surface area contributed by atoms with E-state index in [-0.39, 0.29) is 25.0 Å². The van der Waals surface area contributed by atoms with Gasteiger partial charge in [0.15, 0.2) is 18.1 Å². The maximum atomic E-state index is 11.9. The molecule has 0 saturated carbocycles. The maximum Gasteiger partial charge on any atom is 0.244 e. The highest BCUT2D eigenvalue weighted by Crippen LogP contribution is 2.28. The van der Waals surface area contributed by atoms with Crippen LogP contribution < -0.4 is 14.8 Å². The molecule has 130 valence electrons. The molecular formula is C18H24N2O4. The number of hydrogen-bond acceptors (Lipinski definition) is 5. The summed E-state index contributed by atoms with van der Waals surface area (Å²) in [4.78, 5) is 11.9. The van der Waals surface area contributed by atoms with E-state index in [9.17, 15) is 9.90 Å². The first-order chi connectivity index (χ1) is 11.5. The second-order valence-electron chi connectivity index (χ2n) is 5.62. The quantitative estimate of drug-likeness (QED) is 0.675. The Bertz CT molecular complexity index is 606. The van der Waals surface area contributed by atoms with Gasteiger partial charge in [0.25, 0.3) is 0 Å². The Morgan fingerprint density at radius 2 is 2.17 bits per heavy atom. The summed E-state index contributed by atoms with van der Waals surface area (Å²) in [6.07, 6.45) is 3.09. The van der Waals surface area contributed by atoms with Gasteiger partial charge >= 0.3 is 0 Å². The molecule has 0 aromatic heterocycles. The summed E-state index contributed by atoms with van der Waals surface area (Å²) in [7, 11) is 1.51. The number of nitrogens with one attached hydrogen (secondary N) is 1. The fourth-order valence-corrected chi connectivity index (χ4v) is 1.99. The van der Waals surface area contributed by atoms with E-state index >= 15 is 0 Å². The Morgan fingerprint density at radius 1 is 1.42 bits per heavy atom. The molecule has 0 spiro atoms. The van der Waals surface area contributed by atoms with Crippen molar-refractivity contribution in [3.63, 3.8) is 0 Å². The van der Waals surface area contributed by atoms with Gasteiger partial charge in [0.2, 0.25) is 5.91 Å². The van der Waals surface area contributed by atoms with Crippen LogP contribution in [0.4, 0.5) is 0 Å². The predicted molar refractivity (Wildman–Crippen MR) is 91.6 cm³/mol. The van der Waals surface area contributed by atoms with Gasteiger partial charge in [0, 0.05) is 25.1 Å². The van der Waals surface area contributed by atoms with Crippen molar-refractivity contribution in [3.05, 3.63) is 29.8 Å².